The van der Waals surface area contributed by atoms with Crippen LogP contribution in [0.15, 0.2) is 30.7 Å². The van der Waals surface area contributed by atoms with E-state index in [0.29, 0.717) is 12.1 Å². The number of nitrogens with one attached hydrogen (secondary N) is 1. The number of carbonyl (C=O) groups is 3. The fraction of sp³-hybridized carbons (Fsp3) is 0.529. The summed E-state index contributed by atoms with van der Waals surface area (Å²) in [5.41, 5.74) is 2.25. The molecule has 2 fully saturated rings. The standard InChI is InChI=1S/C34H46N4O5S/c1-8-23-24(9-2)28(39)18-17-25(23)26-20-44-31(35-26)27-16-13-19-38(27)32(41)29(22-14-11-10-12-15-22)36-30(40)21(3)37(7)33(42)43-34(4,5)6/h8-9,17-18,20-22,27,29,39H,1-2,10-16,19H2,3-7H3,(H,36,40)/t21-,27-,29-/m0/s1. The van der Waals surface area contributed by atoms with E-state index in [1.807, 2.05) is 16.3 Å². The number of benzene rings is 1. The van der Waals surface area contributed by atoms with Gasteiger partial charge in [-0.3, -0.25) is 14.5 Å². The van der Waals surface area contributed by atoms with Gasteiger partial charge in [-0.2, -0.15) is 0 Å². The molecule has 2 heterocycles. The van der Waals surface area contributed by atoms with Crippen molar-refractivity contribution < 1.29 is 24.2 Å². The molecule has 4 rings (SSSR count). The lowest BCUT2D eigenvalue weighted by Crippen LogP contribution is -2.56. The Morgan fingerprint density at radius 2 is 1.80 bits per heavy atom. The molecule has 2 aliphatic rings. The first-order chi connectivity index (χ1) is 20.9. The fourth-order valence-electron chi connectivity index (χ4n) is 6.10. The molecule has 1 aromatic heterocycles. The van der Waals surface area contributed by atoms with Crippen molar-refractivity contribution in [2.45, 2.75) is 96.4 Å². The van der Waals surface area contributed by atoms with Crippen LogP contribution >= 0.6 is 11.3 Å². The maximum Gasteiger partial charge on any atom is 0.410 e. The molecule has 3 atom stereocenters. The van der Waals surface area contributed by atoms with E-state index in [9.17, 15) is 19.5 Å². The van der Waals surface area contributed by atoms with Gasteiger partial charge in [-0.25, -0.2) is 9.78 Å². The van der Waals surface area contributed by atoms with Crippen LogP contribution in [-0.2, 0) is 14.3 Å². The minimum Gasteiger partial charge on any atom is -0.507 e. The molecular weight excluding hydrogens is 576 g/mol. The van der Waals surface area contributed by atoms with E-state index in [0.717, 1.165) is 66.8 Å². The summed E-state index contributed by atoms with van der Waals surface area (Å²) in [6, 6.07) is 1.75. The maximum absolute atomic E-state index is 14.3. The van der Waals surface area contributed by atoms with Crippen molar-refractivity contribution >= 4 is 41.4 Å². The first-order valence-corrected chi connectivity index (χ1v) is 16.4. The van der Waals surface area contributed by atoms with Crippen LogP contribution in [-0.4, -0.2) is 69.1 Å². The summed E-state index contributed by atoms with van der Waals surface area (Å²) in [6.45, 7) is 15.3. The molecule has 9 nitrogen and oxygen atoms in total. The molecule has 44 heavy (non-hydrogen) atoms. The summed E-state index contributed by atoms with van der Waals surface area (Å²) in [5, 5.41) is 16.1. The zero-order chi connectivity index (χ0) is 32.2. The number of aromatic hydroxyl groups is 1. The summed E-state index contributed by atoms with van der Waals surface area (Å²) in [6.07, 6.45) is 9.21. The number of amides is 3. The number of aromatic nitrogens is 1. The van der Waals surface area contributed by atoms with E-state index < -0.39 is 23.8 Å². The summed E-state index contributed by atoms with van der Waals surface area (Å²) in [7, 11) is 1.54. The molecule has 3 amide bonds. The molecule has 0 radical (unpaired) electrons. The Morgan fingerprint density at radius 3 is 2.43 bits per heavy atom. The third kappa shape index (κ3) is 7.34. The van der Waals surface area contributed by atoms with E-state index in [-0.39, 0.29) is 29.5 Å². The number of carbonyl (C=O) groups excluding carboxylic acids is 3. The van der Waals surface area contributed by atoms with Crippen LogP contribution in [0.3, 0.4) is 0 Å². The lowest BCUT2D eigenvalue weighted by atomic mass is 9.83. The molecule has 1 saturated heterocycles. The summed E-state index contributed by atoms with van der Waals surface area (Å²) >= 11 is 1.50. The highest BCUT2D eigenvalue weighted by atomic mass is 32.1. The van der Waals surface area contributed by atoms with Gasteiger partial charge in [0.25, 0.3) is 0 Å². The van der Waals surface area contributed by atoms with E-state index in [2.05, 4.69) is 18.5 Å². The largest absolute Gasteiger partial charge is 0.507 e. The monoisotopic (exact) mass is 622 g/mol. The molecular formula is C34H46N4O5S. The molecule has 2 N–H and O–H groups in total. The van der Waals surface area contributed by atoms with Gasteiger partial charge in [0.15, 0.2) is 0 Å². The number of rotatable bonds is 9. The Kier molecular flexibility index (Phi) is 10.6. The van der Waals surface area contributed by atoms with Crippen molar-refractivity contribution in [3.63, 3.8) is 0 Å². The molecule has 238 valence electrons. The summed E-state index contributed by atoms with van der Waals surface area (Å²) in [5.74, 6) is -0.320. The Morgan fingerprint density at radius 1 is 1.11 bits per heavy atom. The second-order valence-corrected chi connectivity index (χ2v) is 13.7. The SMILES string of the molecule is C=Cc1c(O)ccc(-c2csc([C@@H]3CCCN3C(=O)[C@@H](NC(=O)[C@H](C)N(C)C(=O)OC(C)(C)C)C3CCCCC3)n2)c1C=C. The molecule has 0 unspecified atom stereocenters. The van der Waals surface area contributed by atoms with Crippen LogP contribution in [0.1, 0.15) is 94.8 Å². The van der Waals surface area contributed by atoms with Crippen molar-refractivity contribution in [3.8, 4) is 17.0 Å². The summed E-state index contributed by atoms with van der Waals surface area (Å²) in [4.78, 5) is 48.6. The quantitative estimate of drug-likeness (QED) is 0.319. The number of phenols is 1. The van der Waals surface area contributed by atoms with Gasteiger partial charge in [0, 0.05) is 30.1 Å². The van der Waals surface area contributed by atoms with E-state index in [1.165, 1.54) is 23.3 Å². The van der Waals surface area contributed by atoms with Crippen LogP contribution in [0.25, 0.3) is 23.4 Å². The third-order valence-corrected chi connectivity index (χ3v) is 9.56. The van der Waals surface area contributed by atoms with Crippen molar-refractivity contribution in [3.05, 3.63) is 46.8 Å². The van der Waals surface area contributed by atoms with E-state index in [4.69, 9.17) is 9.72 Å². The van der Waals surface area contributed by atoms with Crippen LogP contribution in [0.2, 0.25) is 0 Å². The van der Waals surface area contributed by atoms with Gasteiger partial charge in [-0.05, 0) is 77.0 Å². The Labute approximate surface area is 265 Å². The van der Waals surface area contributed by atoms with Crippen LogP contribution in [0.4, 0.5) is 4.79 Å². The minimum atomic E-state index is -0.815. The molecule has 1 aromatic carbocycles. The highest BCUT2D eigenvalue weighted by Crippen LogP contribution is 2.39. The predicted molar refractivity (Wildman–Crippen MR) is 175 cm³/mol. The first kappa shape index (κ1) is 33.2. The normalized spacial score (nSPS) is 18.8. The number of ether oxygens (including phenoxy) is 1. The fourth-order valence-corrected chi connectivity index (χ4v) is 7.07. The number of phenolic OH excluding ortho intramolecular Hbond substituents is 1. The Hall–Kier alpha value is -3.66. The lowest BCUT2D eigenvalue weighted by Gasteiger charge is -2.36. The van der Waals surface area contributed by atoms with Gasteiger partial charge in [0.2, 0.25) is 11.8 Å². The third-order valence-electron chi connectivity index (χ3n) is 8.62. The number of hydrogen-bond acceptors (Lipinski definition) is 7. The maximum atomic E-state index is 14.3. The van der Waals surface area contributed by atoms with Gasteiger partial charge < -0.3 is 20.1 Å². The number of likely N-dealkylation sites (tertiary alicyclic amines) is 1. The van der Waals surface area contributed by atoms with Crippen LogP contribution < -0.4 is 5.32 Å². The van der Waals surface area contributed by atoms with E-state index >= 15 is 0 Å². The predicted octanol–water partition coefficient (Wildman–Crippen LogP) is 6.79. The molecule has 0 spiro atoms. The smallest absolute Gasteiger partial charge is 0.410 e. The highest BCUT2D eigenvalue weighted by molar-refractivity contribution is 7.10. The van der Waals surface area contributed by atoms with E-state index in [1.54, 1.807) is 45.9 Å². The van der Waals surface area contributed by atoms with Gasteiger partial charge in [-0.1, -0.05) is 44.6 Å². The molecule has 10 heteroatoms. The minimum absolute atomic E-state index is 0.0248. The number of thiazole rings is 1. The second-order valence-electron chi connectivity index (χ2n) is 12.8. The van der Waals surface area contributed by atoms with Crippen molar-refractivity contribution in [1.29, 1.82) is 0 Å². The van der Waals surface area contributed by atoms with Gasteiger partial charge in [0.05, 0.1) is 11.7 Å². The number of nitrogens with zero attached hydrogens (tertiary/aromatic N) is 3. The zero-order valence-electron chi connectivity index (χ0n) is 26.6. The number of likely N-dealkylation sites (N-methyl/N-ethyl adjacent to an activating group) is 1. The molecule has 1 aliphatic heterocycles. The topological polar surface area (TPSA) is 112 Å². The molecule has 2 aromatic rings. The van der Waals surface area contributed by atoms with Crippen LogP contribution in [0, 0.1) is 5.92 Å². The van der Waals surface area contributed by atoms with Gasteiger partial charge in [-0.15, -0.1) is 11.3 Å². The average molecular weight is 623 g/mol. The Bertz CT molecular complexity index is 1390. The van der Waals surface area contributed by atoms with Crippen LogP contribution in [0.5, 0.6) is 5.75 Å². The highest BCUT2D eigenvalue weighted by Gasteiger charge is 2.41. The zero-order valence-corrected chi connectivity index (χ0v) is 27.4. The lowest BCUT2D eigenvalue weighted by molar-refractivity contribution is -0.140. The van der Waals surface area contributed by atoms with Crippen molar-refractivity contribution in [2.24, 2.45) is 5.92 Å². The van der Waals surface area contributed by atoms with Gasteiger partial charge in [0.1, 0.15) is 28.4 Å². The average Bonchev–Trinajstić information content (AvgIpc) is 3.68. The molecule has 0 bridgehead atoms. The molecule has 1 saturated carbocycles. The molecule has 1 aliphatic carbocycles. The van der Waals surface area contributed by atoms with Gasteiger partial charge >= 0.3 is 6.09 Å². The summed E-state index contributed by atoms with van der Waals surface area (Å²) < 4.78 is 5.45. The first-order valence-electron chi connectivity index (χ1n) is 15.5. The second kappa shape index (κ2) is 14.0. The van der Waals surface area contributed by atoms with Crippen molar-refractivity contribution in [1.82, 2.24) is 20.1 Å². The Balaban J connectivity index is 1.57. The number of hydrogen-bond donors (Lipinski definition) is 2. The van der Waals surface area contributed by atoms with Crippen molar-refractivity contribution in [2.75, 3.05) is 13.6 Å².